The van der Waals surface area contributed by atoms with Crippen LogP contribution in [0, 0.1) is 0 Å². The highest BCUT2D eigenvalue weighted by molar-refractivity contribution is 6.30. The molecule has 0 saturated heterocycles. The zero-order valence-electron chi connectivity index (χ0n) is 10.4. The largest absolute Gasteiger partial charge is 0.272 e. The van der Waals surface area contributed by atoms with Crippen LogP contribution in [0.25, 0.3) is 17.1 Å². The molecule has 0 amide bonds. The molecule has 0 saturated carbocycles. The number of aromatic nitrogens is 3. The molecule has 0 spiro atoms. The van der Waals surface area contributed by atoms with Crippen molar-refractivity contribution in [3.63, 3.8) is 0 Å². The number of fused-ring (bicyclic) bond motifs is 1. The van der Waals surface area contributed by atoms with Gasteiger partial charge in [-0.1, -0.05) is 41.1 Å². The van der Waals surface area contributed by atoms with E-state index in [0.717, 1.165) is 5.56 Å². The number of halogens is 1. The van der Waals surface area contributed by atoms with Gasteiger partial charge in [0.25, 0.3) is 5.91 Å². The highest BCUT2D eigenvalue weighted by Gasteiger charge is 2.08. The van der Waals surface area contributed by atoms with Crippen LogP contribution < -0.4 is 0 Å². The fourth-order valence-electron chi connectivity index (χ4n) is 1.88. The summed E-state index contributed by atoms with van der Waals surface area (Å²) >= 11 is 5.89. The van der Waals surface area contributed by atoms with Gasteiger partial charge < -0.3 is 0 Å². The van der Waals surface area contributed by atoms with Crippen LogP contribution in [0.5, 0.6) is 0 Å². The second-order valence-corrected chi connectivity index (χ2v) is 4.65. The van der Waals surface area contributed by atoms with E-state index in [-0.39, 0.29) is 5.91 Å². The number of para-hydroxylation sites is 1. The quantitative estimate of drug-likeness (QED) is 0.677. The van der Waals surface area contributed by atoms with Crippen molar-refractivity contribution in [2.45, 2.75) is 0 Å². The summed E-state index contributed by atoms with van der Waals surface area (Å²) in [6.07, 6.45) is 3.15. The molecule has 1 aromatic heterocycles. The summed E-state index contributed by atoms with van der Waals surface area (Å²) in [4.78, 5) is 12.1. The van der Waals surface area contributed by atoms with Crippen LogP contribution in [-0.2, 0) is 0 Å². The highest BCUT2D eigenvalue weighted by Crippen LogP contribution is 2.13. The van der Waals surface area contributed by atoms with Crippen LogP contribution in [0.15, 0.2) is 54.6 Å². The lowest BCUT2D eigenvalue weighted by Gasteiger charge is -1.96. The van der Waals surface area contributed by atoms with Crippen molar-refractivity contribution < 1.29 is 4.79 Å². The number of benzene rings is 2. The van der Waals surface area contributed by atoms with E-state index < -0.39 is 0 Å². The topological polar surface area (TPSA) is 47.8 Å². The van der Waals surface area contributed by atoms with Gasteiger partial charge in [-0.2, -0.15) is 4.68 Å². The van der Waals surface area contributed by atoms with Crippen LogP contribution in [0.1, 0.15) is 10.4 Å². The first-order valence-corrected chi connectivity index (χ1v) is 6.40. The maximum absolute atomic E-state index is 12.1. The molecule has 0 fully saturated rings. The van der Waals surface area contributed by atoms with Crippen molar-refractivity contribution >= 4 is 34.6 Å². The monoisotopic (exact) mass is 283 g/mol. The summed E-state index contributed by atoms with van der Waals surface area (Å²) in [7, 11) is 0. The first-order valence-electron chi connectivity index (χ1n) is 6.02. The molecule has 98 valence electrons. The van der Waals surface area contributed by atoms with Crippen molar-refractivity contribution in [2.24, 2.45) is 0 Å². The Hall–Kier alpha value is -2.46. The van der Waals surface area contributed by atoms with Crippen LogP contribution >= 0.6 is 11.6 Å². The maximum Gasteiger partial charge on any atom is 0.272 e. The van der Waals surface area contributed by atoms with E-state index in [2.05, 4.69) is 10.3 Å². The average Bonchev–Trinajstić information content (AvgIpc) is 2.89. The molecule has 4 nitrogen and oxygen atoms in total. The number of carbonyl (C=O) groups is 1. The average molecular weight is 284 g/mol. The van der Waals surface area contributed by atoms with E-state index in [9.17, 15) is 4.79 Å². The number of rotatable bonds is 2. The predicted molar refractivity (Wildman–Crippen MR) is 78.6 cm³/mol. The molecular formula is C15H10ClN3O. The molecule has 2 aromatic carbocycles. The van der Waals surface area contributed by atoms with Crippen molar-refractivity contribution in [1.29, 1.82) is 0 Å². The third kappa shape index (κ3) is 2.46. The van der Waals surface area contributed by atoms with Gasteiger partial charge in [0, 0.05) is 11.1 Å². The molecule has 0 atom stereocenters. The lowest BCUT2D eigenvalue weighted by Crippen LogP contribution is -2.08. The smallest absolute Gasteiger partial charge is 0.267 e. The van der Waals surface area contributed by atoms with Gasteiger partial charge in [0.05, 0.1) is 5.52 Å². The molecule has 0 aliphatic carbocycles. The third-order valence-electron chi connectivity index (χ3n) is 2.83. The second-order valence-electron chi connectivity index (χ2n) is 4.22. The molecule has 20 heavy (non-hydrogen) atoms. The highest BCUT2D eigenvalue weighted by atomic mass is 35.5. The Balaban J connectivity index is 1.90. The van der Waals surface area contributed by atoms with Crippen molar-refractivity contribution in [3.8, 4) is 0 Å². The SMILES string of the molecule is O=C(C=Cc1cccc(Cl)c1)n1nnc2ccccc21. The van der Waals surface area contributed by atoms with Gasteiger partial charge in [-0.25, -0.2) is 0 Å². The van der Waals surface area contributed by atoms with E-state index in [4.69, 9.17) is 11.6 Å². The summed E-state index contributed by atoms with van der Waals surface area (Å²) in [6, 6.07) is 14.6. The molecule has 3 aromatic rings. The van der Waals surface area contributed by atoms with Gasteiger partial charge >= 0.3 is 0 Å². The molecule has 0 aliphatic rings. The Bertz CT molecular complexity index is 807. The molecular weight excluding hydrogens is 274 g/mol. The Morgan fingerprint density at radius 3 is 2.85 bits per heavy atom. The van der Waals surface area contributed by atoms with Crippen LogP contribution in [0.2, 0.25) is 5.02 Å². The molecule has 3 rings (SSSR count). The first kappa shape index (κ1) is 12.6. The van der Waals surface area contributed by atoms with Crippen molar-refractivity contribution in [2.75, 3.05) is 0 Å². The lowest BCUT2D eigenvalue weighted by atomic mass is 10.2. The number of hydrogen-bond donors (Lipinski definition) is 0. The summed E-state index contributed by atoms with van der Waals surface area (Å²) in [5.41, 5.74) is 2.24. The molecule has 1 heterocycles. The van der Waals surface area contributed by atoms with E-state index >= 15 is 0 Å². The Morgan fingerprint density at radius 1 is 1.15 bits per heavy atom. The minimum atomic E-state index is -0.251. The Labute approximate surface area is 120 Å². The van der Waals surface area contributed by atoms with Gasteiger partial charge in [-0.05, 0) is 35.9 Å². The summed E-state index contributed by atoms with van der Waals surface area (Å²) in [5.74, 6) is -0.251. The van der Waals surface area contributed by atoms with E-state index in [1.165, 1.54) is 10.8 Å². The fourth-order valence-corrected chi connectivity index (χ4v) is 2.08. The number of allylic oxidation sites excluding steroid dienone is 1. The molecule has 0 radical (unpaired) electrons. The third-order valence-corrected chi connectivity index (χ3v) is 3.06. The Morgan fingerprint density at radius 2 is 2.00 bits per heavy atom. The normalized spacial score (nSPS) is 11.2. The van der Waals surface area contributed by atoms with Gasteiger partial charge in [0.1, 0.15) is 5.52 Å². The summed E-state index contributed by atoms with van der Waals surface area (Å²) < 4.78 is 1.27. The molecule has 0 aliphatic heterocycles. The van der Waals surface area contributed by atoms with Crippen molar-refractivity contribution in [3.05, 3.63) is 65.2 Å². The lowest BCUT2D eigenvalue weighted by molar-refractivity contribution is 0.0958. The van der Waals surface area contributed by atoms with Gasteiger partial charge in [0.2, 0.25) is 0 Å². The maximum atomic E-state index is 12.1. The van der Waals surface area contributed by atoms with Crippen molar-refractivity contribution in [1.82, 2.24) is 15.0 Å². The molecule has 5 heteroatoms. The minimum Gasteiger partial charge on any atom is -0.267 e. The summed E-state index contributed by atoms with van der Waals surface area (Å²) in [6.45, 7) is 0. The first-order chi connectivity index (χ1) is 9.74. The van der Waals surface area contributed by atoms with Gasteiger partial charge in [-0.15, -0.1) is 5.10 Å². The van der Waals surface area contributed by atoms with E-state index in [0.29, 0.717) is 16.1 Å². The van der Waals surface area contributed by atoms with Gasteiger partial charge in [0.15, 0.2) is 0 Å². The van der Waals surface area contributed by atoms with Gasteiger partial charge in [-0.3, -0.25) is 4.79 Å². The predicted octanol–water partition coefficient (Wildman–Crippen LogP) is 3.44. The number of nitrogens with zero attached hydrogens (tertiary/aromatic N) is 3. The zero-order valence-corrected chi connectivity index (χ0v) is 11.2. The van der Waals surface area contributed by atoms with E-state index in [1.54, 1.807) is 24.3 Å². The van der Waals surface area contributed by atoms with E-state index in [1.807, 2.05) is 30.3 Å². The molecule has 0 unspecified atom stereocenters. The van der Waals surface area contributed by atoms with Crippen LogP contribution in [-0.4, -0.2) is 20.9 Å². The minimum absolute atomic E-state index is 0.251. The molecule has 0 N–H and O–H groups in total. The molecule has 0 bridgehead atoms. The standard InChI is InChI=1S/C15H10ClN3O/c16-12-5-3-4-11(10-12)8-9-15(20)19-14-7-2-1-6-13(14)17-18-19/h1-10H. The zero-order chi connectivity index (χ0) is 13.9. The summed E-state index contributed by atoms with van der Waals surface area (Å²) in [5, 5.41) is 8.44. The van der Waals surface area contributed by atoms with Crippen LogP contribution in [0.3, 0.4) is 0 Å². The number of carbonyl (C=O) groups excluding carboxylic acids is 1. The Kier molecular flexibility index (Phi) is 3.31. The van der Waals surface area contributed by atoms with Crippen LogP contribution in [0.4, 0.5) is 0 Å². The second kappa shape index (κ2) is 5.27. The fraction of sp³-hybridized carbons (Fsp3) is 0. The number of hydrogen-bond acceptors (Lipinski definition) is 3.